The summed E-state index contributed by atoms with van der Waals surface area (Å²) in [5.74, 6) is 2.35. The Labute approximate surface area is 81.5 Å². The molecule has 0 atom stereocenters. The summed E-state index contributed by atoms with van der Waals surface area (Å²) < 4.78 is 4.02. The third kappa shape index (κ3) is 2.07. The van der Waals surface area contributed by atoms with Crippen LogP contribution >= 0.6 is 11.5 Å². The standard InChI is InChI=1S/C9H10N2OS/c1-4-5-11(3)9(12)8-6-13-10-7(8)2/h1,6H,5H2,2-3H3. The highest BCUT2D eigenvalue weighted by molar-refractivity contribution is 7.03. The summed E-state index contributed by atoms with van der Waals surface area (Å²) in [7, 11) is 1.68. The Balaban J connectivity index is 2.81. The molecule has 4 heteroatoms. The average Bonchev–Trinajstić information content (AvgIpc) is 2.50. The molecule has 13 heavy (non-hydrogen) atoms. The predicted molar refractivity (Wildman–Crippen MR) is 52.6 cm³/mol. The van der Waals surface area contributed by atoms with E-state index in [9.17, 15) is 4.79 Å². The van der Waals surface area contributed by atoms with Gasteiger partial charge in [-0.2, -0.15) is 4.37 Å². The van der Waals surface area contributed by atoms with Crippen LogP contribution in [0.1, 0.15) is 16.1 Å². The van der Waals surface area contributed by atoms with Gasteiger partial charge in [-0.15, -0.1) is 6.42 Å². The van der Waals surface area contributed by atoms with Crippen molar-refractivity contribution in [2.45, 2.75) is 6.92 Å². The molecule has 0 N–H and O–H groups in total. The van der Waals surface area contributed by atoms with Crippen molar-refractivity contribution < 1.29 is 4.79 Å². The van der Waals surface area contributed by atoms with Gasteiger partial charge in [0.1, 0.15) is 0 Å². The summed E-state index contributed by atoms with van der Waals surface area (Å²) in [5, 5.41) is 1.74. The van der Waals surface area contributed by atoms with Crippen LogP contribution < -0.4 is 0 Å². The van der Waals surface area contributed by atoms with E-state index in [1.54, 1.807) is 12.4 Å². The SMILES string of the molecule is C#CCN(C)C(=O)c1csnc1C. The molecule has 0 fully saturated rings. The molecule has 0 aliphatic heterocycles. The lowest BCUT2D eigenvalue weighted by Gasteiger charge is -2.12. The summed E-state index contributed by atoms with van der Waals surface area (Å²) in [5.41, 5.74) is 1.40. The Morgan fingerprint density at radius 2 is 2.54 bits per heavy atom. The molecule has 3 nitrogen and oxygen atoms in total. The first-order valence-electron chi connectivity index (χ1n) is 3.76. The quantitative estimate of drug-likeness (QED) is 0.662. The minimum Gasteiger partial charge on any atom is -0.330 e. The van der Waals surface area contributed by atoms with Gasteiger partial charge in [-0.3, -0.25) is 4.79 Å². The molecule has 0 saturated carbocycles. The molecule has 0 radical (unpaired) electrons. The molecular formula is C9H10N2OS. The van der Waals surface area contributed by atoms with Crippen LogP contribution in [0.15, 0.2) is 5.38 Å². The van der Waals surface area contributed by atoms with Crippen molar-refractivity contribution in [1.82, 2.24) is 9.27 Å². The highest BCUT2D eigenvalue weighted by Crippen LogP contribution is 2.11. The van der Waals surface area contributed by atoms with E-state index in [1.165, 1.54) is 16.4 Å². The van der Waals surface area contributed by atoms with Crippen LogP contribution in [0.5, 0.6) is 0 Å². The summed E-state index contributed by atoms with van der Waals surface area (Å²) in [4.78, 5) is 13.1. The van der Waals surface area contributed by atoms with Gasteiger partial charge in [0.25, 0.3) is 5.91 Å². The van der Waals surface area contributed by atoms with Crippen LogP contribution in [-0.2, 0) is 0 Å². The zero-order chi connectivity index (χ0) is 9.84. The summed E-state index contributed by atoms with van der Waals surface area (Å²) >= 11 is 1.28. The summed E-state index contributed by atoms with van der Waals surface area (Å²) in [6, 6.07) is 0. The van der Waals surface area contributed by atoms with Crippen LogP contribution in [0.25, 0.3) is 0 Å². The number of hydrogen-bond donors (Lipinski definition) is 0. The lowest BCUT2D eigenvalue weighted by molar-refractivity contribution is 0.0812. The molecule has 0 unspecified atom stereocenters. The Morgan fingerprint density at radius 1 is 1.85 bits per heavy atom. The number of carbonyl (C=O) groups excluding carboxylic acids is 1. The molecule has 1 amide bonds. The van der Waals surface area contributed by atoms with Gasteiger partial charge in [0.15, 0.2) is 0 Å². The van der Waals surface area contributed by atoms with Crippen molar-refractivity contribution in [1.29, 1.82) is 0 Å². The predicted octanol–water partition coefficient (Wildman–Crippen LogP) is 1.16. The maximum absolute atomic E-state index is 11.6. The van der Waals surface area contributed by atoms with Gasteiger partial charge in [0, 0.05) is 12.4 Å². The Hall–Kier alpha value is -1.34. The van der Waals surface area contributed by atoms with Gasteiger partial charge in [0.05, 0.1) is 17.8 Å². The second kappa shape index (κ2) is 4.06. The van der Waals surface area contributed by atoms with Crippen molar-refractivity contribution in [3.63, 3.8) is 0 Å². The zero-order valence-corrected chi connectivity index (χ0v) is 8.39. The number of nitrogens with zero attached hydrogens (tertiary/aromatic N) is 2. The molecule has 0 saturated heterocycles. The lowest BCUT2D eigenvalue weighted by atomic mass is 10.2. The molecular weight excluding hydrogens is 184 g/mol. The minimum atomic E-state index is -0.0656. The van der Waals surface area contributed by atoms with Gasteiger partial charge in [-0.25, -0.2) is 0 Å². The molecule has 1 heterocycles. The zero-order valence-electron chi connectivity index (χ0n) is 7.57. The monoisotopic (exact) mass is 194 g/mol. The van der Waals surface area contributed by atoms with E-state index in [-0.39, 0.29) is 5.91 Å². The van der Waals surface area contributed by atoms with E-state index in [2.05, 4.69) is 10.3 Å². The molecule has 68 valence electrons. The van der Waals surface area contributed by atoms with E-state index in [0.29, 0.717) is 12.1 Å². The molecule has 0 aliphatic carbocycles. The largest absolute Gasteiger partial charge is 0.330 e. The van der Waals surface area contributed by atoms with Crippen LogP contribution in [0.4, 0.5) is 0 Å². The highest BCUT2D eigenvalue weighted by atomic mass is 32.1. The molecule has 1 aromatic heterocycles. The van der Waals surface area contributed by atoms with Crippen LogP contribution in [0.3, 0.4) is 0 Å². The smallest absolute Gasteiger partial charge is 0.257 e. The van der Waals surface area contributed by atoms with Gasteiger partial charge in [-0.1, -0.05) is 5.92 Å². The van der Waals surface area contributed by atoms with Crippen LogP contribution in [0, 0.1) is 19.3 Å². The number of aromatic nitrogens is 1. The van der Waals surface area contributed by atoms with E-state index in [4.69, 9.17) is 6.42 Å². The van der Waals surface area contributed by atoms with Crippen molar-refractivity contribution in [2.24, 2.45) is 0 Å². The maximum atomic E-state index is 11.6. The fraction of sp³-hybridized carbons (Fsp3) is 0.333. The summed E-state index contributed by atoms with van der Waals surface area (Å²) in [6.45, 7) is 2.14. The van der Waals surface area contributed by atoms with Crippen molar-refractivity contribution in [3.8, 4) is 12.3 Å². The number of aryl methyl sites for hydroxylation is 1. The van der Waals surface area contributed by atoms with E-state index in [0.717, 1.165) is 5.69 Å². The van der Waals surface area contributed by atoms with Crippen molar-refractivity contribution >= 4 is 17.4 Å². The Morgan fingerprint density at radius 3 is 3.00 bits per heavy atom. The highest BCUT2D eigenvalue weighted by Gasteiger charge is 2.14. The van der Waals surface area contributed by atoms with Crippen LogP contribution in [-0.4, -0.2) is 28.8 Å². The number of carbonyl (C=O) groups is 1. The third-order valence-corrected chi connectivity index (χ3v) is 2.38. The van der Waals surface area contributed by atoms with Gasteiger partial charge in [0.2, 0.25) is 0 Å². The van der Waals surface area contributed by atoms with Gasteiger partial charge >= 0.3 is 0 Å². The second-order valence-electron chi connectivity index (χ2n) is 2.68. The van der Waals surface area contributed by atoms with Crippen LogP contribution in [0.2, 0.25) is 0 Å². The van der Waals surface area contributed by atoms with Gasteiger partial charge in [-0.05, 0) is 18.5 Å². The fourth-order valence-electron chi connectivity index (χ4n) is 0.912. The molecule has 1 aromatic rings. The first-order valence-corrected chi connectivity index (χ1v) is 4.60. The molecule has 0 spiro atoms. The fourth-order valence-corrected chi connectivity index (χ4v) is 1.60. The number of rotatable bonds is 2. The lowest BCUT2D eigenvalue weighted by Crippen LogP contribution is -2.27. The number of amides is 1. The summed E-state index contributed by atoms with van der Waals surface area (Å²) in [6.07, 6.45) is 5.10. The molecule has 0 aromatic carbocycles. The number of terminal acetylenes is 1. The molecule has 1 rings (SSSR count). The first-order chi connectivity index (χ1) is 6.16. The van der Waals surface area contributed by atoms with Crippen molar-refractivity contribution in [2.75, 3.05) is 13.6 Å². The van der Waals surface area contributed by atoms with E-state index < -0.39 is 0 Å². The first kappa shape index (κ1) is 9.75. The van der Waals surface area contributed by atoms with Gasteiger partial charge < -0.3 is 4.90 Å². The van der Waals surface area contributed by atoms with Crippen molar-refractivity contribution in [3.05, 3.63) is 16.6 Å². The molecule has 0 bridgehead atoms. The Kier molecular flexibility index (Phi) is 3.04. The minimum absolute atomic E-state index is 0.0656. The normalized spacial score (nSPS) is 9.31. The average molecular weight is 194 g/mol. The number of hydrogen-bond acceptors (Lipinski definition) is 3. The van der Waals surface area contributed by atoms with E-state index >= 15 is 0 Å². The molecule has 0 aliphatic rings. The third-order valence-electron chi connectivity index (χ3n) is 1.66. The van der Waals surface area contributed by atoms with E-state index in [1.807, 2.05) is 6.92 Å². The second-order valence-corrected chi connectivity index (χ2v) is 3.31. The topological polar surface area (TPSA) is 33.2 Å². The maximum Gasteiger partial charge on any atom is 0.257 e. The Bertz CT molecular complexity index is 351.